The van der Waals surface area contributed by atoms with Gasteiger partial charge in [-0.3, -0.25) is 4.79 Å². The number of carbonyl (C=O) groups is 1. The largest absolute Gasteiger partial charge is 0.300 e. The predicted octanol–water partition coefficient (Wildman–Crippen LogP) is 3.77. The second-order valence-corrected chi connectivity index (χ2v) is 5.90. The van der Waals surface area contributed by atoms with Gasteiger partial charge in [-0.1, -0.05) is 0 Å². The van der Waals surface area contributed by atoms with Crippen LogP contribution in [0.2, 0.25) is 0 Å². The lowest BCUT2D eigenvalue weighted by atomic mass is 10.3. The van der Waals surface area contributed by atoms with Gasteiger partial charge in [0.25, 0.3) is 0 Å². The standard InChI is InChI=1S/C10H8BrNOS2/c1-6(13)2-10-12-8(5-15-10)9-3-7(11)4-14-9/h3-5H,2H2,1H3. The quantitative estimate of drug-likeness (QED) is 0.864. The molecule has 5 heteroatoms. The highest BCUT2D eigenvalue weighted by atomic mass is 79.9. The molecule has 0 aliphatic rings. The van der Waals surface area contributed by atoms with E-state index in [0.717, 1.165) is 20.1 Å². The van der Waals surface area contributed by atoms with Crippen LogP contribution in [0.1, 0.15) is 11.9 Å². The molecule has 0 amide bonds. The van der Waals surface area contributed by atoms with Crippen LogP contribution in [-0.4, -0.2) is 10.8 Å². The van der Waals surface area contributed by atoms with E-state index in [-0.39, 0.29) is 5.78 Å². The summed E-state index contributed by atoms with van der Waals surface area (Å²) >= 11 is 6.60. The smallest absolute Gasteiger partial charge is 0.136 e. The highest BCUT2D eigenvalue weighted by Crippen LogP contribution is 2.30. The Bertz CT molecular complexity index is 489. The lowest BCUT2D eigenvalue weighted by Gasteiger charge is -1.89. The molecule has 2 aromatic rings. The number of hydrogen-bond acceptors (Lipinski definition) is 4. The molecule has 0 saturated heterocycles. The minimum atomic E-state index is 0.156. The van der Waals surface area contributed by atoms with Crippen molar-refractivity contribution in [1.29, 1.82) is 0 Å². The summed E-state index contributed by atoms with van der Waals surface area (Å²) in [5.41, 5.74) is 0.965. The van der Waals surface area contributed by atoms with Gasteiger partial charge in [-0.05, 0) is 28.9 Å². The highest BCUT2D eigenvalue weighted by Gasteiger charge is 2.07. The number of aromatic nitrogens is 1. The minimum absolute atomic E-state index is 0.156. The third-order valence-electron chi connectivity index (χ3n) is 1.77. The van der Waals surface area contributed by atoms with Crippen molar-refractivity contribution in [2.24, 2.45) is 0 Å². The van der Waals surface area contributed by atoms with E-state index in [0.29, 0.717) is 6.42 Å². The van der Waals surface area contributed by atoms with E-state index in [9.17, 15) is 4.79 Å². The number of hydrogen-bond donors (Lipinski definition) is 0. The van der Waals surface area contributed by atoms with Crippen LogP contribution < -0.4 is 0 Å². The molecule has 0 saturated carbocycles. The molecule has 0 spiro atoms. The summed E-state index contributed by atoms with van der Waals surface area (Å²) in [6.45, 7) is 1.59. The first-order chi connectivity index (χ1) is 7.15. The number of halogens is 1. The van der Waals surface area contributed by atoms with E-state index >= 15 is 0 Å². The zero-order chi connectivity index (χ0) is 10.8. The predicted molar refractivity (Wildman–Crippen MR) is 67.5 cm³/mol. The second kappa shape index (κ2) is 4.55. The van der Waals surface area contributed by atoms with E-state index < -0.39 is 0 Å². The Kier molecular flexibility index (Phi) is 3.33. The van der Waals surface area contributed by atoms with Crippen molar-refractivity contribution in [1.82, 2.24) is 4.98 Å². The topological polar surface area (TPSA) is 30.0 Å². The number of carbonyl (C=O) groups excluding carboxylic acids is 1. The van der Waals surface area contributed by atoms with Crippen LogP contribution >= 0.6 is 38.6 Å². The zero-order valence-electron chi connectivity index (χ0n) is 7.99. The molecule has 2 aromatic heterocycles. The fourth-order valence-corrected chi connectivity index (χ4v) is 3.49. The van der Waals surface area contributed by atoms with Crippen LogP contribution in [0.25, 0.3) is 10.6 Å². The van der Waals surface area contributed by atoms with Gasteiger partial charge in [-0.15, -0.1) is 22.7 Å². The van der Waals surface area contributed by atoms with Crippen LogP contribution in [0.3, 0.4) is 0 Å². The maximum atomic E-state index is 10.9. The third-order valence-corrected chi connectivity index (χ3v) is 4.33. The summed E-state index contributed by atoms with van der Waals surface area (Å²) < 4.78 is 1.07. The van der Waals surface area contributed by atoms with Crippen LogP contribution in [-0.2, 0) is 11.2 Å². The fraction of sp³-hybridized carbons (Fsp3) is 0.200. The number of thiazole rings is 1. The molecule has 2 rings (SSSR count). The van der Waals surface area contributed by atoms with Crippen molar-refractivity contribution >= 4 is 44.4 Å². The molecule has 0 atom stereocenters. The van der Waals surface area contributed by atoms with Gasteiger partial charge in [0.15, 0.2) is 0 Å². The summed E-state index contributed by atoms with van der Waals surface area (Å²) in [7, 11) is 0. The van der Waals surface area contributed by atoms with Gasteiger partial charge in [0.2, 0.25) is 0 Å². The van der Waals surface area contributed by atoms with Gasteiger partial charge < -0.3 is 0 Å². The van der Waals surface area contributed by atoms with E-state index in [1.165, 1.54) is 0 Å². The zero-order valence-corrected chi connectivity index (χ0v) is 11.2. The molecule has 0 fully saturated rings. The minimum Gasteiger partial charge on any atom is -0.300 e. The molecule has 0 aromatic carbocycles. The van der Waals surface area contributed by atoms with Crippen LogP contribution in [0.15, 0.2) is 21.3 Å². The molecule has 0 N–H and O–H groups in total. The van der Waals surface area contributed by atoms with E-state index in [2.05, 4.69) is 20.9 Å². The summed E-state index contributed by atoms with van der Waals surface area (Å²) in [6, 6.07) is 2.04. The first-order valence-electron chi connectivity index (χ1n) is 4.33. The molecule has 0 aliphatic heterocycles. The number of ketones is 1. The highest BCUT2D eigenvalue weighted by molar-refractivity contribution is 9.10. The average molecular weight is 302 g/mol. The van der Waals surface area contributed by atoms with E-state index in [4.69, 9.17) is 0 Å². The van der Waals surface area contributed by atoms with Gasteiger partial charge in [-0.2, -0.15) is 0 Å². The molecular weight excluding hydrogens is 294 g/mol. The first-order valence-corrected chi connectivity index (χ1v) is 6.88. The number of nitrogens with zero attached hydrogens (tertiary/aromatic N) is 1. The molecule has 0 aliphatic carbocycles. The molecule has 2 heterocycles. The number of Topliss-reactive ketones (excluding diaryl/α,β-unsaturated/α-hetero) is 1. The van der Waals surface area contributed by atoms with Gasteiger partial charge >= 0.3 is 0 Å². The molecule has 15 heavy (non-hydrogen) atoms. The lowest BCUT2D eigenvalue weighted by Crippen LogP contribution is -1.94. The van der Waals surface area contributed by atoms with Gasteiger partial charge in [0.1, 0.15) is 10.8 Å². The van der Waals surface area contributed by atoms with Crippen LogP contribution in [0.5, 0.6) is 0 Å². The normalized spacial score (nSPS) is 10.5. The van der Waals surface area contributed by atoms with Crippen molar-refractivity contribution in [3.05, 3.63) is 26.3 Å². The molecule has 0 bridgehead atoms. The summed E-state index contributed by atoms with van der Waals surface area (Å²) in [5.74, 6) is 0.156. The summed E-state index contributed by atoms with van der Waals surface area (Å²) in [6.07, 6.45) is 0.442. The summed E-state index contributed by atoms with van der Waals surface area (Å²) in [4.78, 5) is 16.5. The molecule has 0 radical (unpaired) electrons. The first kappa shape index (κ1) is 11.0. The maximum absolute atomic E-state index is 10.9. The summed E-state index contributed by atoms with van der Waals surface area (Å²) in [5, 5.41) is 4.91. The van der Waals surface area contributed by atoms with Crippen LogP contribution in [0, 0.1) is 0 Å². The lowest BCUT2D eigenvalue weighted by molar-refractivity contribution is -0.116. The Labute approximate surface area is 104 Å². The Morgan fingerprint density at radius 2 is 2.27 bits per heavy atom. The third kappa shape index (κ3) is 2.74. The maximum Gasteiger partial charge on any atom is 0.136 e. The van der Waals surface area contributed by atoms with Crippen molar-refractivity contribution in [2.75, 3.05) is 0 Å². The van der Waals surface area contributed by atoms with Crippen molar-refractivity contribution in [3.8, 4) is 10.6 Å². The number of rotatable bonds is 3. The van der Waals surface area contributed by atoms with Gasteiger partial charge in [0.05, 0.1) is 17.0 Å². The average Bonchev–Trinajstić information content (AvgIpc) is 2.72. The van der Waals surface area contributed by atoms with E-state index in [1.807, 2.05) is 16.8 Å². The van der Waals surface area contributed by atoms with Crippen molar-refractivity contribution in [2.45, 2.75) is 13.3 Å². The fourth-order valence-electron chi connectivity index (χ4n) is 1.17. The molecule has 78 valence electrons. The Morgan fingerprint density at radius 3 is 2.87 bits per heavy atom. The SMILES string of the molecule is CC(=O)Cc1nc(-c2cc(Br)cs2)cs1. The Hall–Kier alpha value is -0.520. The van der Waals surface area contributed by atoms with Crippen molar-refractivity contribution < 1.29 is 4.79 Å². The Balaban J connectivity index is 2.23. The van der Waals surface area contributed by atoms with Crippen LogP contribution in [0.4, 0.5) is 0 Å². The molecule has 0 unspecified atom stereocenters. The molecular formula is C10H8BrNOS2. The van der Waals surface area contributed by atoms with Crippen molar-refractivity contribution in [3.63, 3.8) is 0 Å². The second-order valence-electron chi connectivity index (χ2n) is 3.13. The molecule has 2 nitrogen and oxygen atoms in total. The van der Waals surface area contributed by atoms with Gasteiger partial charge in [0, 0.05) is 15.2 Å². The van der Waals surface area contributed by atoms with E-state index in [1.54, 1.807) is 29.6 Å². The monoisotopic (exact) mass is 301 g/mol. The number of thiophene rings is 1. The van der Waals surface area contributed by atoms with Gasteiger partial charge in [-0.25, -0.2) is 4.98 Å². The Morgan fingerprint density at radius 1 is 1.47 bits per heavy atom.